The molecule has 4 heteroatoms. The number of aromatic hydroxyl groups is 1. The van der Waals surface area contributed by atoms with Gasteiger partial charge in [-0.05, 0) is 12.8 Å². The summed E-state index contributed by atoms with van der Waals surface area (Å²) in [6.07, 6.45) is 4.91. The largest absolute Gasteiger partial charge is 0.493 e. The summed E-state index contributed by atoms with van der Waals surface area (Å²) in [4.78, 5) is 6.76. The molecule has 3 N–H and O–H groups in total. The van der Waals surface area contributed by atoms with Crippen molar-refractivity contribution in [3.05, 3.63) is 12.0 Å². The smallest absolute Gasteiger partial charge is 0.208 e. The highest BCUT2D eigenvalue weighted by atomic mass is 16.3. The minimum atomic E-state index is 0.149. The van der Waals surface area contributed by atoms with Gasteiger partial charge in [-0.1, -0.05) is 0 Å². The predicted molar refractivity (Wildman–Crippen MR) is 45.0 cm³/mol. The van der Waals surface area contributed by atoms with E-state index in [0.717, 1.165) is 24.8 Å². The van der Waals surface area contributed by atoms with Gasteiger partial charge in [0.05, 0.1) is 6.20 Å². The third-order valence-corrected chi connectivity index (χ3v) is 1.99. The average Bonchev–Trinajstić information content (AvgIpc) is 2.76. The van der Waals surface area contributed by atoms with Gasteiger partial charge in [0.15, 0.2) is 0 Å². The van der Waals surface area contributed by atoms with Gasteiger partial charge in [-0.25, -0.2) is 4.98 Å². The first-order chi connectivity index (χ1) is 5.84. The lowest BCUT2D eigenvalue weighted by molar-refractivity contribution is 0.455. The molecule has 0 saturated heterocycles. The lowest BCUT2D eigenvalue weighted by Gasteiger charge is -1.98. The summed E-state index contributed by atoms with van der Waals surface area (Å²) in [5.74, 6) is 0.997. The zero-order chi connectivity index (χ0) is 8.39. The van der Waals surface area contributed by atoms with Crippen molar-refractivity contribution >= 4 is 0 Å². The number of H-pyrrole nitrogens is 1. The number of hydrogen-bond donors (Lipinski definition) is 3. The lowest BCUT2D eigenvalue weighted by Crippen LogP contribution is -2.19. The topological polar surface area (TPSA) is 60.9 Å². The quantitative estimate of drug-likeness (QED) is 0.608. The van der Waals surface area contributed by atoms with E-state index in [1.807, 2.05) is 0 Å². The van der Waals surface area contributed by atoms with Gasteiger partial charge in [0.1, 0.15) is 5.82 Å². The van der Waals surface area contributed by atoms with Crippen LogP contribution in [0.5, 0.6) is 5.88 Å². The van der Waals surface area contributed by atoms with Crippen LogP contribution < -0.4 is 5.32 Å². The van der Waals surface area contributed by atoms with E-state index >= 15 is 0 Å². The Morgan fingerprint density at radius 2 is 2.50 bits per heavy atom. The fourth-order valence-corrected chi connectivity index (χ4v) is 1.16. The minimum Gasteiger partial charge on any atom is -0.493 e. The molecule has 1 aliphatic rings. The highest BCUT2D eigenvalue weighted by Gasteiger charge is 2.19. The maximum absolute atomic E-state index is 8.94. The van der Waals surface area contributed by atoms with Crippen LogP contribution in [0.15, 0.2) is 6.20 Å². The first-order valence-corrected chi connectivity index (χ1v) is 4.31. The Balaban J connectivity index is 1.71. The molecule has 0 unspecified atom stereocenters. The molecule has 4 nitrogen and oxygen atoms in total. The molecule has 1 aliphatic carbocycles. The van der Waals surface area contributed by atoms with Crippen molar-refractivity contribution < 1.29 is 5.11 Å². The second-order valence-electron chi connectivity index (χ2n) is 3.19. The first-order valence-electron chi connectivity index (χ1n) is 4.31. The fourth-order valence-electron chi connectivity index (χ4n) is 1.16. The van der Waals surface area contributed by atoms with Gasteiger partial charge in [0.25, 0.3) is 0 Å². The number of rotatable bonds is 4. The van der Waals surface area contributed by atoms with E-state index in [4.69, 9.17) is 5.11 Å². The Labute approximate surface area is 71.0 Å². The number of imidazole rings is 1. The van der Waals surface area contributed by atoms with Gasteiger partial charge in [-0.15, -0.1) is 0 Å². The Hall–Kier alpha value is -1.03. The lowest BCUT2D eigenvalue weighted by atomic mass is 10.4. The molecule has 1 fully saturated rings. The zero-order valence-corrected chi connectivity index (χ0v) is 6.88. The Morgan fingerprint density at radius 3 is 3.08 bits per heavy atom. The molecular weight excluding hydrogens is 154 g/mol. The molecule has 0 aromatic carbocycles. The molecule has 1 aromatic heterocycles. The summed E-state index contributed by atoms with van der Waals surface area (Å²) in [7, 11) is 0. The third-order valence-electron chi connectivity index (χ3n) is 1.99. The number of hydrogen-bond acceptors (Lipinski definition) is 3. The Morgan fingerprint density at radius 1 is 1.67 bits per heavy atom. The molecule has 0 bridgehead atoms. The van der Waals surface area contributed by atoms with Gasteiger partial charge in [-0.3, -0.25) is 0 Å². The molecular formula is C8H13N3O. The van der Waals surface area contributed by atoms with Crippen LogP contribution in [0.3, 0.4) is 0 Å². The first kappa shape index (κ1) is 7.61. The SMILES string of the molecule is Oc1cnc(CCNC2CC2)[nH]1. The van der Waals surface area contributed by atoms with Crippen LogP contribution in [-0.2, 0) is 6.42 Å². The zero-order valence-electron chi connectivity index (χ0n) is 6.88. The van der Waals surface area contributed by atoms with Crippen LogP contribution in [0.4, 0.5) is 0 Å². The van der Waals surface area contributed by atoms with Crippen molar-refractivity contribution in [2.45, 2.75) is 25.3 Å². The van der Waals surface area contributed by atoms with Crippen molar-refractivity contribution in [1.82, 2.24) is 15.3 Å². The van der Waals surface area contributed by atoms with Crippen LogP contribution in [0.25, 0.3) is 0 Å². The number of nitrogens with zero attached hydrogens (tertiary/aromatic N) is 1. The third kappa shape index (κ3) is 1.98. The second-order valence-corrected chi connectivity index (χ2v) is 3.19. The number of nitrogens with one attached hydrogen (secondary N) is 2. The average molecular weight is 167 g/mol. The van der Waals surface area contributed by atoms with Gasteiger partial charge in [-0.2, -0.15) is 0 Å². The van der Waals surface area contributed by atoms with Gasteiger partial charge >= 0.3 is 0 Å². The summed E-state index contributed by atoms with van der Waals surface area (Å²) < 4.78 is 0. The molecule has 66 valence electrons. The summed E-state index contributed by atoms with van der Waals surface area (Å²) in [5.41, 5.74) is 0. The number of aromatic amines is 1. The molecule has 0 radical (unpaired) electrons. The second kappa shape index (κ2) is 3.15. The summed E-state index contributed by atoms with van der Waals surface area (Å²) in [6, 6.07) is 0.744. The fraction of sp³-hybridized carbons (Fsp3) is 0.625. The molecule has 0 atom stereocenters. The Kier molecular flexibility index (Phi) is 1.99. The van der Waals surface area contributed by atoms with Crippen LogP contribution in [0, 0.1) is 0 Å². The van der Waals surface area contributed by atoms with Crippen LogP contribution in [0.2, 0.25) is 0 Å². The standard InChI is InChI=1S/C8H13N3O/c12-8-5-10-7(11-8)3-4-9-6-1-2-6/h5-6,9,12H,1-4H2,(H,10,11). The Bertz CT molecular complexity index is 255. The predicted octanol–water partition coefficient (Wildman–Crippen LogP) is 0.410. The van der Waals surface area contributed by atoms with E-state index in [1.165, 1.54) is 19.0 Å². The minimum absolute atomic E-state index is 0.149. The molecule has 1 heterocycles. The number of aromatic nitrogens is 2. The van der Waals surface area contributed by atoms with E-state index < -0.39 is 0 Å². The van der Waals surface area contributed by atoms with Crippen LogP contribution >= 0.6 is 0 Å². The van der Waals surface area contributed by atoms with E-state index in [1.54, 1.807) is 0 Å². The van der Waals surface area contributed by atoms with Crippen LogP contribution in [-0.4, -0.2) is 27.7 Å². The molecule has 0 aliphatic heterocycles. The van der Waals surface area contributed by atoms with Crippen LogP contribution in [0.1, 0.15) is 18.7 Å². The normalized spacial score (nSPS) is 16.7. The molecule has 1 saturated carbocycles. The van der Waals surface area contributed by atoms with Crippen molar-refractivity contribution in [3.8, 4) is 5.88 Å². The van der Waals surface area contributed by atoms with Crippen molar-refractivity contribution in [2.24, 2.45) is 0 Å². The summed E-state index contributed by atoms with van der Waals surface area (Å²) >= 11 is 0. The van der Waals surface area contributed by atoms with E-state index in [9.17, 15) is 0 Å². The molecule has 2 rings (SSSR count). The van der Waals surface area contributed by atoms with Gasteiger partial charge in [0, 0.05) is 19.0 Å². The highest BCUT2D eigenvalue weighted by Crippen LogP contribution is 2.18. The summed E-state index contributed by atoms with van der Waals surface area (Å²) in [5, 5.41) is 12.3. The van der Waals surface area contributed by atoms with Crippen molar-refractivity contribution in [2.75, 3.05) is 6.54 Å². The monoisotopic (exact) mass is 167 g/mol. The summed E-state index contributed by atoms with van der Waals surface area (Å²) in [6.45, 7) is 0.942. The van der Waals surface area contributed by atoms with Crippen molar-refractivity contribution in [1.29, 1.82) is 0 Å². The van der Waals surface area contributed by atoms with E-state index in [2.05, 4.69) is 15.3 Å². The van der Waals surface area contributed by atoms with E-state index in [-0.39, 0.29) is 5.88 Å². The molecule has 0 spiro atoms. The van der Waals surface area contributed by atoms with E-state index in [0.29, 0.717) is 0 Å². The maximum Gasteiger partial charge on any atom is 0.208 e. The maximum atomic E-state index is 8.94. The molecule has 12 heavy (non-hydrogen) atoms. The van der Waals surface area contributed by atoms with Gasteiger partial charge in [0.2, 0.25) is 5.88 Å². The highest BCUT2D eigenvalue weighted by molar-refractivity contribution is 5.05. The molecule has 1 aromatic rings. The molecule has 0 amide bonds. The van der Waals surface area contributed by atoms with Crippen molar-refractivity contribution in [3.63, 3.8) is 0 Å². The van der Waals surface area contributed by atoms with Gasteiger partial charge < -0.3 is 15.4 Å².